The minimum absolute atomic E-state index is 0.298. The van der Waals surface area contributed by atoms with E-state index in [0.717, 1.165) is 44.9 Å². The molecule has 0 fully saturated rings. The number of hydrogen-bond donors (Lipinski definition) is 0. The van der Waals surface area contributed by atoms with Crippen LogP contribution < -0.4 is 0 Å². The van der Waals surface area contributed by atoms with Gasteiger partial charge in [-0.1, -0.05) is 94.4 Å². The average molecular weight is 521 g/mol. The van der Waals surface area contributed by atoms with Gasteiger partial charge in [0.2, 0.25) is 0 Å². The third-order valence-corrected chi connectivity index (χ3v) is 8.85. The molecule has 2 bridgehead atoms. The SMILES string of the molecule is CCCC(CCCC(C)=O)C1=C=CC2=C(C3=CC=C(C4=CC=CCC=C4)CC3C)C=CC(C2)C(C(C)C)=C1C. The number of rotatable bonds is 10. The van der Waals surface area contributed by atoms with E-state index < -0.39 is 0 Å². The molecule has 3 unspecified atom stereocenters. The lowest BCUT2D eigenvalue weighted by Gasteiger charge is -2.33. The number of Topliss-reactive ketones (excluding diaryl/α,β-unsaturated/α-hetero) is 1. The van der Waals surface area contributed by atoms with Crippen LogP contribution in [0.1, 0.15) is 92.9 Å². The standard InChI is InChI=1S/C38H48O/c1-7-13-31(17-12-14-28(5)39)36-22-19-33-25-34(38(26(2)3)29(36)6)20-23-37(33)35-21-18-32(24-27(35)4)30-15-10-8-9-11-16-30/h8,10-11,15-16,18-21,23,26-27,31,34H,7,9,12-14,17,24-25H2,1-6H3. The molecule has 0 aromatic carbocycles. The van der Waals surface area contributed by atoms with Gasteiger partial charge in [0.15, 0.2) is 0 Å². The minimum Gasteiger partial charge on any atom is -0.300 e. The Hall–Kier alpha value is -2.89. The lowest BCUT2D eigenvalue weighted by atomic mass is 9.72. The van der Waals surface area contributed by atoms with Crippen molar-refractivity contribution in [3.8, 4) is 0 Å². The Balaban J connectivity index is 1.76. The number of fused-ring (bicyclic) bond motifs is 2. The zero-order chi connectivity index (χ0) is 27.9. The van der Waals surface area contributed by atoms with Crippen LogP contribution in [0, 0.1) is 23.7 Å². The molecule has 4 rings (SSSR count). The summed E-state index contributed by atoms with van der Waals surface area (Å²) >= 11 is 0. The molecule has 4 aliphatic rings. The number of ketones is 1. The van der Waals surface area contributed by atoms with Crippen molar-refractivity contribution < 1.29 is 4.79 Å². The molecule has 0 amide bonds. The topological polar surface area (TPSA) is 17.1 Å². The van der Waals surface area contributed by atoms with E-state index in [1.807, 2.05) is 0 Å². The van der Waals surface area contributed by atoms with Crippen LogP contribution >= 0.6 is 0 Å². The van der Waals surface area contributed by atoms with Gasteiger partial charge in [0, 0.05) is 12.3 Å². The van der Waals surface area contributed by atoms with E-state index in [9.17, 15) is 4.79 Å². The van der Waals surface area contributed by atoms with E-state index in [4.69, 9.17) is 0 Å². The van der Waals surface area contributed by atoms with E-state index in [1.54, 1.807) is 12.5 Å². The number of carbonyl (C=O) groups is 1. The lowest BCUT2D eigenvalue weighted by Crippen LogP contribution is -2.19. The summed E-state index contributed by atoms with van der Waals surface area (Å²) in [4.78, 5) is 11.7. The predicted molar refractivity (Wildman–Crippen MR) is 167 cm³/mol. The first kappa shape index (κ1) is 29.1. The summed E-state index contributed by atoms with van der Waals surface area (Å²) in [6, 6.07) is 0. The van der Waals surface area contributed by atoms with Crippen LogP contribution in [-0.2, 0) is 4.79 Å². The molecule has 206 valence electrons. The molecule has 4 aliphatic carbocycles. The lowest BCUT2D eigenvalue weighted by molar-refractivity contribution is -0.117. The van der Waals surface area contributed by atoms with Crippen molar-refractivity contribution in [1.29, 1.82) is 0 Å². The first-order valence-electron chi connectivity index (χ1n) is 15.3. The van der Waals surface area contributed by atoms with E-state index in [2.05, 4.69) is 101 Å². The molecule has 39 heavy (non-hydrogen) atoms. The Morgan fingerprint density at radius 2 is 1.90 bits per heavy atom. The van der Waals surface area contributed by atoms with Gasteiger partial charge in [0.05, 0.1) is 0 Å². The largest absolute Gasteiger partial charge is 0.300 e. The molecule has 0 saturated carbocycles. The van der Waals surface area contributed by atoms with Crippen molar-refractivity contribution in [2.24, 2.45) is 23.7 Å². The van der Waals surface area contributed by atoms with Gasteiger partial charge in [-0.05, 0) is 115 Å². The fourth-order valence-corrected chi connectivity index (χ4v) is 6.96. The summed E-state index contributed by atoms with van der Waals surface area (Å²) in [6.07, 6.45) is 31.3. The Bertz CT molecular complexity index is 1270. The van der Waals surface area contributed by atoms with Crippen molar-refractivity contribution in [2.75, 3.05) is 0 Å². The van der Waals surface area contributed by atoms with Gasteiger partial charge in [0.25, 0.3) is 0 Å². The van der Waals surface area contributed by atoms with Crippen LogP contribution in [0.5, 0.6) is 0 Å². The van der Waals surface area contributed by atoms with Crippen LogP contribution in [-0.4, -0.2) is 5.78 Å². The molecule has 0 spiro atoms. The maximum absolute atomic E-state index is 11.7. The zero-order valence-corrected chi connectivity index (χ0v) is 25.1. The van der Waals surface area contributed by atoms with Crippen LogP contribution in [0.4, 0.5) is 0 Å². The van der Waals surface area contributed by atoms with Gasteiger partial charge in [-0.2, -0.15) is 0 Å². The Morgan fingerprint density at radius 3 is 2.62 bits per heavy atom. The van der Waals surface area contributed by atoms with Crippen LogP contribution in [0.15, 0.2) is 111 Å². The van der Waals surface area contributed by atoms with Gasteiger partial charge in [-0.25, -0.2) is 0 Å². The number of hydrogen-bond acceptors (Lipinski definition) is 1. The fourth-order valence-electron chi connectivity index (χ4n) is 6.96. The predicted octanol–water partition coefficient (Wildman–Crippen LogP) is 10.4. The molecule has 1 nitrogen and oxygen atoms in total. The number of allylic oxidation sites excluding steroid dienone is 17. The van der Waals surface area contributed by atoms with Crippen molar-refractivity contribution in [3.63, 3.8) is 0 Å². The molecule has 0 aliphatic heterocycles. The summed E-state index contributed by atoms with van der Waals surface area (Å²) < 4.78 is 0. The molecular formula is C38H48O. The molecule has 1 heteroatoms. The highest BCUT2D eigenvalue weighted by Crippen LogP contribution is 2.44. The summed E-state index contributed by atoms with van der Waals surface area (Å²) in [5.74, 6) is 2.16. The van der Waals surface area contributed by atoms with Crippen molar-refractivity contribution in [2.45, 2.75) is 92.9 Å². The zero-order valence-electron chi connectivity index (χ0n) is 25.1. The van der Waals surface area contributed by atoms with E-state index in [1.165, 1.54) is 39.0 Å². The van der Waals surface area contributed by atoms with Crippen molar-refractivity contribution in [3.05, 3.63) is 111 Å². The third-order valence-electron chi connectivity index (χ3n) is 8.85. The highest BCUT2D eigenvalue weighted by Gasteiger charge is 2.29. The molecule has 3 atom stereocenters. The minimum atomic E-state index is 0.298. The van der Waals surface area contributed by atoms with Gasteiger partial charge in [0.1, 0.15) is 5.78 Å². The maximum atomic E-state index is 11.7. The fraction of sp³-hybridized carbons (Fsp3) is 0.474. The summed E-state index contributed by atoms with van der Waals surface area (Å²) in [5.41, 5.74) is 15.3. The molecule has 0 aromatic rings. The molecule has 0 aromatic heterocycles. The first-order chi connectivity index (χ1) is 18.8. The summed E-state index contributed by atoms with van der Waals surface area (Å²) in [7, 11) is 0. The molecule has 0 N–H and O–H groups in total. The van der Waals surface area contributed by atoms with Crippen molar-refractivity contribution in [1.82, 2.24) is 0 Å². The van der Waals surface area contributed by atoms with Crippen molar-refractivity contribution >= 4 is 5.78 Å². The second-order valence-corrected chi connectivity index (χ2v) is 12.2. The Morgan fingerprint density at radius 1 is 1.08 bits per heavy atom. The maximum Gasteiger partial charge on any atom is 0.129 e. The number of carbonyl (C=O) groups excluding carboxylic acids is 1. The van der Waals surface area contributed by atoms with Gasteiger partial charge < -0.3 is 4.79 Å². The molecule has 0 saturated heterocycles. The van der Waals surface area contributed by atoms with Gasteiger partial charge in [-0.15, -0.1) is 5.73 Å². The monoisotopic (exact) mass is 520 g/mol. The first-order valence-corrected chi connectivity index (χ1v) is 15.3. The highest BCUT2D eigenvalue weighted by molar-refractivity contribution is 5.75. The average Bonchev–Trinajstić information content (AvgIpc) is 3.18. The molecule has 0 heterocycles. The van der Waals surface area contributed by atoms with Gasteiger partial charge in [-0.3, -0.25) is 0 Å². The summed E-state index contributed by atoms with van der Waals surface area (Å²) in [5, 5.41) is 0. The Labute approximate surface area is 237 Å². The van der Waals surface area contributed by atoms with E-state index in [-0.39, 0.29) is 0 Å². The molecule has 0 radical (unpaired) electrons. The molecular weight excluding hydrogens is 472 g/mol. The Kier molecular flexibility index (Phi) is 10.0. The third kappa shape index (κ3) is 7.01. The summed E-state index contributed by atoms with van der Waals surface area (Å²) in [6.45, 7) is 13.4. The normalized spacial score (nSPS) is 23.7. The van der Waals surface area contributed by atoms with Crippen LogP contribution in [0.25, 0.3) is 0 Å². The highest BCUT2D eigenvalue weighted by atomic mass is 16.1. The van der Waals surface area contributed by atoms with Gasteiger partial charge >= 0.3 is 0 Å². The van der Waals surface area contributed by atoms with E-state index in [0.29, 0.717) is 35.9 Å². The second kappa shape index (κ2) is 13.5. The van der Waals surface area contributed by atoms with E-state index >= 15 is 0 Å². The smallest absolute Gasteiger partial charge is 0.129 e. The van der Waals surface area contributed by atoms with Crippen LogP contribution in [0.2, 0.25) is 0 Å². The quantitative estimate of drug-likeness (QED) is 0.262. The second-order valence-electron chi connectivity index (χ2n) is 12.2. The van der Waals surface area contributed by atoms with Crippen LogP contribution in [0.3, 0.4) is 0 Å².